The first-order chi connectivity index (χ1) is 9.69. The molecule has 0 saturated carbocycles. The second kappa shape index (κ2) is 5.99. The van der Waals surface area contributed by atoms with Crippen molar-refractivity contribution < 1.29 is 9.53 Å². The van der Waals surface area contributed by atoms with Crippen molar-refractivity contribution in [3.63, 3.8) is 0 Å². The highest BCUT2D eigenvalue weighted by Crippen LogP contribution is 2.36. The minimum atomic E-state index is -0.484. The van der Waals surface area contributed by atoms with Gasteiger partial charge in [0.05, 0.1) is 5.69 Å². The second-order valence-corrected chi connectivity index (χ2v) is 7.89. The van der Waals surface area contributed by atoms with E-state index in [1.54, 1.807) is 0 Å². The normalized spacial score (nSPS) is 18.6. The molecule has 0 aliphatic carbocycles. The highest BCUT2D eigenvalue weighted by atomic mass is 79.9. The van der Waals surface area contributed by atoms with Crippen molar-refractivity contribution in [1.29, 1.82) is 0 Å². The van der Waals surface area contributed by atoms with Crippen molar-refractivity contribution in [2.24, 2.45) is 5.92 Å². The minimum Gasteiger partial charge on any atom is -0.443 e. The number of aryl methyl sites for hydroxylation is 1. The lowest BCUT2D eigenvalue weighted by molar-refractivity contribution is 0.0550. The standard InChI is InChI=1S/C17H24BrNO2/c1-11(2)14-9-7-12-6-8-13(18)10-15(12)19(14)16(20)21-17(3,4)5/h6,8,10-11,14H,7,9H2,1-5H3. The smallest absolute Gasteiger partial charge is 0.415 e. The number of carbonyl (C=O) groups is 1. The molecule has 21 heavy (non-hydrogen) atoms. The molecule has 1 heterocycles. The SMILES string of the molecule is CC(C)C1CCc2ccc(Br)cc2N1C(=O)OC(C)(C)C. The second-order valence-electron chi connectivity index (χ2n) is 6.97. The highest BCUT2D eigenvalue weighted by Gasteiger charge is 2.35. The van der Waals surface area contributed by atoms with Gasteiger partial charge in [-0.1, -0.05) is 35.8 Å². The largest absolute Gasteiger partial charge is 0.443 e. The maximum absolute atomic E-state index is 12.7. The van der Waals surface area contributed by atoms with E-state index in [4.69, 9.17) is 4.74 Å². The van der Waals surface area contributed by atoms with Crippen LogP contribution in [0.5, 0.6) is 0 Å². The zero-order chi connectivity index (χ0) is 15.8. The third-order valence-corrected chi connectivity index (χ3v) is 4.20. The Kier molecular flexibility index (Phi) is 4.66. The van der Waals surface area contributed by atoms with Crippen molar-refractivity contribution in [2.75, 3.05) is 4.90 Å². The average molecular weight is 354 g/mol. The molecule has 1 atom stereocenters. The van der Waals surface area contributed by atoms with E-state index in [1.807, 2.05) is 37.8 Å². The summed E-state index contributed by atoms with van der Waals surface area (Å²) in [5, 5.41) is 0. The van der Waals surface area contributed by atoms with Gasteiger partial charge < -0.3 is 4.74 Å². The molecule has 1 aromatic rings. The zero-order valence-corrected chi connectivity index (χ0v) is 15.0. The Hall–Kier alpha value is -1.03. The number of anilines is 1. The van der Waals surface area contributed by atoms with Gasteiger partial charge in [0.1, 0.15) is 5.60 Å². The van der Waals surface area contributed by atoms with Crippen LogP contribution in [0.3, 0.4) is 0 Å². The average Bonchev–Trinajstić information content (AvgIpc) is 2.34. The van der Waals surface area contributed by atoms with Gasteiger partial charge in [-0.3, -0.25) is 4.90 Å². The Morgan fingerprint density at radius 2 is 2.05 bits per heavy atom. The molecule has 1 amide bonds. The van der Waals surface area contributed by atoms with E-state index < -0.39 is 5.60 Å². The number of nitrogens with zero attached hydrogens (tertiary/aromatic N) is 1. The summed E-state index contributed by atoms with van der Waals surface area (Å²) >= 11 is 3.51. The molecule has 3 nitrogen and oxygen atoms in total. The first-order valence-electron chi connectivity index (χ1n) is 7.49. The highest BCUT2D eigenvalue weighted by molar-refractivity contribution is 9.10. The summed E-state index contributed by atoms with van der Waals surface area (Å²) < 4.78 is 6.61. The van der Waals surface area contributed by atoms with Gasteiger partial charge in [0.25, 0.3) is 0 Å². The molecule has 0 radical (unpaired) electrons. The van der Waals surface area contributed by atoms with E-state index in [9.17, 15) is 4.79 Å². The molecule has 1 aromatic carbocycles. The van der Waals surface area contributed by atoms with Gasteiger partial charge in [0.15, 0.2) is 0 Å². The van der Waals surface area contributed by atoms with Crippen molar-refractivity contribution in [3.05, 3.63) is 28.2 Å². The molecule has 1 aliphatic heterocycles. The van der Waals surface area contributed by atoms with Gasteiger partial charge in [0.2, 0.25) is 0 Å². The third-order valence-electron chi connectivity index (χ3n) is 3.71. The van der Waals surface area contributed by atoms with Gasteiger partial charge in [-0.15, -0.1) is 0 Å². The number of carbonyl (C=O) groups excluding carboxylic acids is 1. The topological polar surface area (TPSA) is 29.5 Å². The molecule has 0 aromatic heterocycles. The molecule has 1 unspecified atom stereocenters. The fraction of sp³-hybridized carbons (Fsp3) is 0.588. The molecule has 4 heteroatoms. The van der Waals surface area contributed by atoms with Crippen molar-refractivity contribution in [1.82, 2.24) is 0 Å². The minimum absolute atomic E-state index is 0.182. The quantitative estimate of drug-likeness (QED) is 0.697. The Morgan fingerprint density at radius 3 is 2.62 bits per heavy atom. The summed E-state index contributed by atoms with van der Waals surface area (Å²) in [5.41, 5.74) is 1.70. The van der Waals surface area contributed by atoms with E-state index >= 15 is 0 Å². The molecule has 116 valence electrons. The first kappa shape index (κ1) is 16.3. The van der Waals surface area contributed by atoms with Crippen LogP contribution in [0.1, 0.15) is 46.6 Å². The molecule has 0 saturated heterocycles. The van der Waals surface area contributed by atoms with E-state index in [-0.39, 0.29) is 12.1 Å². The molecular formula is C17H24BrNO2. The lowest BCUT2D eigenvalue weighted by atomic mass is 9.89. The lowest BCUT2D eigenvalue weighted by Crippen LogP contribution is -2.48. The summed E-state index contributed by atoms with van der Waals surface area (Å²) in [7, 11) is 0. The fourth-order valence-corrected chi connectivity index (χ4v) is 3.11. The summed E-state index contributed by atoms with van der Waals surface area (Å²) in [6.07, 6.45) is 1.73. The van der Waals surface area contributed by atoms with Crippen LogP contribution in [0.15, 0.2) is 22.7 Å². The Morgan fingerprint density at radius 1 is 1.38 bits per heavy atom. The Balaban J connectivity index is 2.42. The van der Waals surface area contributed by atoms with E-state index in [2.05, 4.69) is 35.8 Å². The van der Waals surface area contributed by atoms with Crippen LogP contribution in [-0.2, 0) is 11.2 Å². The van der Waals surface area contributed by atoms with Gasteiger partial charge in [-0.05, 0) is 57.2 Å². The van der Waals surface area contributed by atoms with Crippen LogP contribution in [-0.4, -0.2) is 17.7 Å². The molecule has 1 aliphatic rings. The number of hydrogen-bond acceptors (Lipinski definition) is 2. The number of rotatable bonds is 1. The van der Waals surface area contributed by atoms with Crippen LogP contribution in [0, 0.1) is 5.92 Å². The Bertz CT molecular complexity index is 534. The number of amides is 1. The van der Waals surface area contributed by atoms with Crippen LogP contribution < -0.4 is 4.90 Å². The summed E-state index contributed by atoms with van der Waals surface area (Å²) in [5.74, 6) is 0.393. The Labute approximate surface area is 135 Å². The summed E-state index contributed by atoms with van der Waals surface area (Å²) in [6.45, 7) is 10.0. The zero-order valence-electron chi connectivity index (χ0n) is 13.4. The number of fused-ring (bicyclic) bond motifs is 1. The number of ether oxygens (including phenoxy) is 1. The maximum atomic E-state index is 12.7. The molecule has 0 N–H and O–H groups in total. The predicted octanol–water partition coefficient (Wildman–Crippen LogP) is 5.16. The van der Waals surface area contributed by atoms with Crippen molar-refractivity contribution >= 4 is 27.7 Å². The van der Waals surface area contributed by atoms with Crippen LogP contribution in [0.25, 0.3) is 0 Å². The van der Waals surface area contributed by atoms with E-state index in [0.29, 0.717) is 5.92 Å². The lowest BCUT2D eigenvalue weighted by Gasteiger charge is -2.40. The monoisotopic (exact) mass is 353 g/mol. The van der Waals surface area contributed by atoms with Gasteiger partial charge in [0, 0.05) is 10.5 Å². The van der Waals surface area contributed by atoms with E-state index in [1.165, 1.54) is 5.56 Å². The first-order valence-corrected chi connectivity index (χ1v) is 8.29. The molecule has 0 fully saturated rings. The molecule has 0 spiro atoms. The van der Waals surface area contributed by atoms with Gasteiger partial charge in [-0.2, -0.15) is 0 Å². The van der Waals surface area contributed by atoms with Gasteiger partial charge >= 0.3 is 6.09 Å². The number of hydrogen-bond donors (Lipinski definition) is 0. The fourth-order valence-electron chi connectivity index (χ4n) is 2.76. The van der Waals surface area contributed by atoms with Crippen LogP contribution in [0.2, 0.25) is 0 Å². The molecular weight excluding hydrogens is 330 g/mol. The predicted molar refractivity (Wildman–Crippen MR) is 89.8 cm³/mol. The molecule has 0 bridgehead atoms. The van der Waals surface area contributed by atoms with Crippen molar-refractivity contribution in [3.8, 4) is 0 Å². The number of benzene rings is 1. The van der Waals surface area contributed by atoms with Crippen LogP contribution in [0.4, 0.5) is 10.5 Å². The third kappa shape index (κ3) is 3.79. The van der Waals surface area contributed by atoms with Gasteiger partial charge in [-0.25, -0.2) is 4.79 Å². The van der Waals surface area contributed by atoms with E-state index in [0.717, 1.165) is 23.0 Å². The molecule has 2 rings (SSSR count). The maximum Gasteiger partial charge on any atom is 0.415 e. The van der Waals surface area contributed by atoms with Crippen molar-refractivity contribution in [2.45, 2.75) is 59.1 Å². The summed E-state index contributed by atoms with van der Waals surface area (Å²) in [6, 6.07) is 6.32. The van der Waals surface area contributed by atoms with Crippen LogP contribution >= 0.6 is 15.9 Å². The number of halogens is 1. The summed E-state index contributed by atoms with van der Waals surface area (Å²) in [4.78, 5) is 14.5.